The summed E-state index contributed by atoms with van der Waals surface area (Å²) in [7, 11) is 1.83. The molecule has 2 aromatic rings. The largest absolute Gasteiger partial charge is 0.461 e. The molecule has 0 fully saturated rings. The summed E-state index contributed by atoms with van der Waals surface area (Å²) in [5, 5.41) is 8.45. The van der Waals surface area contributed by atoms with Crippen molar-refractivity contribution in [3.05, 3.63) is 18.4 Å². The van der Waals surface area contributed by atoms with E-state index in [1.807, 2.05) is 20.0 Å². The van der Waals surface area contributed by atoms with E-state index >= 15 is 0 Å². The summed E-state index contributed by atoms with van der Waals surface area (Å²) in [6, 6.07) is 3.60. The summed E-state index contributed by atoms with van der Waals surface area (Å²) in [5.41, 5.74) is 5.31. The summed E-state index contributed by atoms with van der Waals surface area (Å²) in [6.07, 6.45) is 2.23. The average molecular weight is 266 g/mol. The highest BCUT2D eigenvalue weighted by molar-refractivity contribution is 8.00. The van der Waals surface area contributed by atoms with Gasteiger partial charge < -0.3 is 14.7 Å². The number of carbonyl (C=O) groups is 1. The van der Waals surface area contributed by atoms with Crippen molar-refractivity contribution in [2.75, 3.05) is 0 Å². The van der Waals surface area contributed by atoms with Gasteiger partial charge in [0.2, 0.25) is 5.91 Å². The van der Waals surface area contributed by atoms with E-state index in [0.29, 0.717) is 23.2 Å². The Hall–Kier alpha value is -1.76. The third kappa shape index (κ3) is 2.40. The van der Waals surface area contributed by atoms with Gasteiger partial charge in [-0.3, -0.25) is 4.79 Å². The van der Waals surface area contributed by atoms with Crippen LogP contribution in [0.2, 0.25) is 0 Å². The number of amides is 1. The van der Waals surface area contributed by atoms with Crippen molar-refractivity contribution in [2.45, 2.75) is 23.8 Å². The minimum atomic E-state index is -0.343. The van der Waals surface area contributed by atoms with Crippen molar-refractivity contribution >= 4 is 17.7 Å². The molecule has 2 N–H and O–H groups in total. The van der Waals surface area contributed by atoms with E-state index in [0.717, 1.165) is 0 Å². The molecule has 0 aliphatic carbocycles. The molecule has 7 heteroatoms. The number of thioether (sulfide) groups is 1. The highest BCUT2D eigenvalue weighted by Gasteiger charge is 2.20. The maximum absolute atomic E-state index is 11.2. The average Bonchev–Trinajstić information content (AvgIpc) is 2.95. The summed E-state index contributed by atoms with van der Waals surface area (Å²) in [5.74, 6) is 0.927. The molecule has 0 spiro atoms. The fourth-order valence-corrected chi connectivity index (χ4v) is 2.38. The maximum Gasteiger partial charge on any atom is 0.231 e. The minimum Gasteiger partial charge on any atom is -0.461 e. The summed E-state index contributed by atoms with van der Waals surface area (Å²) in [6.45, 7) is 1.91. The number of hydrogen-bond donors (Lipinski definition) is 1. The minimum absolute atomic E-state index is 0.294. The Kier molecular flexibility index (Phi) is 3.71. The van der Waals surface area contributed by atoms with Crippen LogP contribution in [0.5, 0.6) is 0 Å². The smallest absolute Gasteiger partial charge is 0.231 e. The standard InChI is InChI=1S/C11H14N4O2S/c1-3-8(9(12)16)18-11-14-13-10(15(11)2)7-5-4-6-17-7/h4-6,8H,3H2,1-2H3,(H2,12,16)/t8-/m0/s1. The topological polar surface area (TPSA) is 86.9 Å². The molecular weight excluding hydrogens is 252 g/mol. The van der Waals surface area contributed by atoms with Crippen LogP contribution in [0.3, 0.4) is 0 Å². The number of primary amides is 1. The molecule has 2 aromatic heterocycles. The SMILES string of the molecule is CC[C@H](Sc1nnc(-c2ccco2)n1C)C(N)=O. The number of aromatic nitrogens is 3. The molecule has 18 heavy (non-hydrogen) atoms. The zero-order valence-electron chi connectivity index (χ0n) is 10.2. The van der Waals surface area contributed by atoms with Gasteiger partial charge in [0.15, 0.2) is 16.7 Å². The molecule has 1 amide bonds. The summed E-state index contributed by atoms with van der Waals surface area (Å²) in [4.78, 5) is 11.2. The maximum atomic E-state index is 11.2. The monoisotopic (exact) mass is 266 g/mol. The van der Waals surface area contributed by atoms with E-state index in [2.05, 4.69) is 10.2 Å². The van der Waals surface area contributed by atoms with Gasteiger partial charge in [-0.25, -0.2) is 0 Å². The molecule has 2 rings (SSSR count). The summed E-state index contributed by atoms with van der Waals surface area (Å²) >= 11 is 1.31. The van der Waals surface area contributed by atoms with Crippen molar-refractivity contribution in [3.63, 3.8) is 0 Å². The number of hydrogen-bond acceptors (Lipinski definition) is 5. The predicted molar refractivity (Wildman–Crippen MR) is 67.8 cm³/mol. The number of furan rings is 1. The third-order valence-corrected chi connectivity index (χ3v) is 3.93. The van der Waals surface area contributed by atoms with Gasteiger partial charge >= 0.3 is 0 Å². The molecule has 0 bridgehead atoms. The van der Waals surface area contributed by atoms with Crippen molar-refractivity contribution in [3.8, 4) is 11.6 Å². The number of rotatable bonds is 5. The lowest BCUT2D eigenvalue weighted by atomic mass is 10.3. The van der Waals surface area contributed by atoms with Crippen LogP contribution in [-0.4, -0.2) is 25.9 Å². The van der Waals surface area contributed by atoms with Crippen molar-refractivity contribution in [1.29, 1.82) is 0 Å². The van der Waals surface area contributed by atoms with Gasteiger partial charge in [-0.2, -0.15) is 0 Å². The third-order valence-electron chi connectivity index (χ3n) is 2.51. The second-order valence-electron chi connectivity index (χ2n) is 3.76. The zero-order chi connectivity index (χ0) is 13.1. The molecule has 96 valence electrons. The van der Waals surface area contributed by atoms with Gasteiger partial charge in [-0.15, -0.1) is 10.2 Å². The van der Waals surface area contributed by atoms with Gasteiger partial charge in [-0.05, 0) is 18.6 Å². The first-order chi connectivity index (χ1) is 8.63. The predicted octanol–water partition coefficient (Wildman–Crippen LogP) is 1.43. The van der Waals surface area contributed by atoms with Crippen molar-refractivity contribution in [2.24, 2.45) is 12.8 Å². The van der Waals surface area contributed by atoms with Crippen LogP contribution < -0.4 is 5.73 Å². The van der Waals surface area contributed by atoms with Gasteiger partial charge in [0.05, 0.1) is 11.5 Å². The van der Waals surface area contributed by atoms with Gasteiger partial charge in [0, 0.05) is 7.05 Å². The van der Waals surface area contributed by atoms with E-state index in [4.69, 9.17) is 10.2 Å². The van der Waals surface area contributed by atoms with Crippen LogP contribution in [0.15, 0.2) is 28.0 Å². The Morgan fingerprint density at radius 1 is 1.61 bits per heavy atom. The number of carbonyl (C=O) groups excluding carboxylic acids is 1. The van der Waals surface area contributed by atoms with Crippen LogP contribution in [0.4, 0.5) is 0 Å². The molecule has 0 saturated heterocycles. The molecule has 0 unspecified atom stereocenters. The molecule has 0 aliphatic rings. The van der Waals surface area contributed by atoms with Gasteiger partial charge in [-0.1, -0.05) is 18.7 Å². The number of nitrogens with zero attached hydrogens (tertiary/aromatic N) is 3. The van der Waals surface area contributed by atoms with Gasteiger partial charge in [0.25, 0.3) is 0 Å². The van der Waals surface area contributed by atoms with E-state index in [-0.39, 0.29) is 11.2 Å². The van der Waals surface area contributed by atoms with Crippen molar-refractivity contribution in [1.82, 2.24) is 14.8 Å². The Morgan fingerprint density at radius 2 is 2.39 bits per heavy atom. The normalized spacial score (nSPS) is 12.6. The van der Waals surface area contributed by atoms with Crippen LogP contribution in [0, 0.1) is 0 Å². The van der Waals surface area contributed by atoms with Gasteiger partial charge in [0.1, 0.15) is 0 Å². The second-order valence-corrected chi connectivity index (χ2v) is 4.93. The molecular formula is C11H14N4O2S. The first kappa shape index (κ1) is 12.7. The van der Waals surface area contributed by atoms with E-state index in [9.17, 15) is 4.79 Å². The molecule has 0 aromatic carbocycles. The molecule has 2 heterocycles. The summed E-state index contributed by atoms with van der Waals surface area (Å²) < 4.78 is 7.06. The first-order valence-electron chi connectivity index (χ1n) is 5.52. The molecule has 0 aliphatic heterocycles. The fraction of sp³-hybridized carbons (Fsp3) is 0.364. The number of nitrogens with two attached hydrogens (primary N) is 1. The fourth-order valence-electron chi connectivity index (χ4n) is 1.51. The van der Waals surface area contributed by atoms with Crippen LogP contribution >= 0.6 is 11.8 Å². The lowest BCUT2D eigenvalue weighted by Gasteiger charge is -2.09. The highest BCUT2D eigenvalue weighted by atomic mass is 32.2. The molecule has 0 radical (unpaired) electrons. The first-order valence-corrected chi connectivity index (χ1v) is 6.40. The van der Waals surface area contributed by atoms with E-state index < -0.39 is 0 Å². The second kappa shape index (κ2) is 5.26. The lowest BCUT2D eigenvalue weighted by Crippen LogP contribution is -2.25. The Labute approximate surface area is 109 Å². The molecule has 1 atom stereocenters. The quantitative estimate of drug-likeness (QED) is 0.827. The van der Waals surface area contributed by atoms with Crippen LogP contribution in [0.1, 0.15) is 13.3 Å². The Bertz CT molecular complexity index is 535. The molecule has 6 nitrogen and oxygen atoms in total. The Balaban J connectivity index is 2.23. The highest BCUT2D eigenvalue weighted by Crippen LogP contribution is 2.26. The molecule has 0 saturated carbocycles. The Morgan fingerprint density at radius 3 is 2.94 bits per heavy atom. The van der Waals surface area contributed by atoms with E-state index in [1.165, 1.54) is 11.8 Å². The zero-order valence-corrected chi connectivity index (χ0v) is 11.0. The van der Waals surface area contributed by atoms with Crippen molar-refractivity contribution < 1.29 is 9.21 Å². The van der Waals surface area contributed by atoms with Crippen LogP contribution in [-0.2, 0) is 11.8 Å². The van der Waals surface area contributed by atoms with Crippen LogP contribution in [0.25, 0.3) is 11.6 Å². The van der Waals surface area contributed by atoms with E-state index in [1.54, 1.807) is 16.9 Å². The lowest BCUT2D eigenvalue weighted by molar-refractivity contribution is -0.117.